The molecule has 0 radical (unpaired) electrons. The predicted octanol–water partition coefficient (Wildman–Crippen LogP) is 1.66. The molecule has 0 bridgehead atoms. The fraction of sp³-hybridized carbons (Fsp3) is 0.286. The van der Waals surface area contributed by atoms with E-state index in [0.717, 1.165) is 11.1 Å². The fourth-order valence-corrected chi connectivity index (χ4v) is 2.49. The maximum absolute atomic E-state index is 11.9. The van der Waals surface area contributed by atoms with Crippen LogP contribution in [0.3, 0.4) is 0 Å². The molecule has 0 aliphatic rings. The lowest BCUT2D eigenvalue weighted by atomic mass is 10.1. The lowest BCUT2D eigenvalue weighted by molar-refractivity contribution is -0.134. The van der Waals surface area contributed by atoms with Gasteiger partial charge in [0.05, 0.1) is 6.04 Å². The molecule has 0 saturated heterocycles. The summed E-state index contributed by atoms with van der Waals surface area (Å²) in [5, 5.41) is 2.79. The molecule has 148 valence electrons. The van der Waals surface area contributed by atoms with E-state index in [-0.39, 0.29) is 37.5 Å². The van der Waals surface area contributed by atoms with E-state index in [1.165, 1.54) is 0 Å². The number of aryl methyl sites for hydroxylation is 1. The van der Waals surface area contributed by atoms with Gasteiger partial charge in [0.15, 0.2) is 0 Å². The van der Waals surface area contributed by atoms with Crippen LogP contribution in [0.5, 0.6) is 0 Å². The summed E-state index contributed by atoms with van der Waals surface area (Å²) in [7, 11) is 0. The molecule has 0 fully saturated rings. The summed E-state index contributed by atoms with van der Waals surface area (Å²) < 4.78 is 5.08. The molecule has 2 aromatic carbocycles. The number of hydrogen-bond donors (Lipinski definition) is 3. The smallest absolute Gasteiger partial charge is 0.264 e. The zero-order valence-electron chi connectivity index (χ0n) is 15.8. The van der Waals surface area contributed by atoms with E-state index >= 15 is 0 Å². The van der Waals surface area contributed by atoms with Crippen LogP contribution in [0.2, 0.25) is 0 Å². The fourth-order valence-electron chi connectivity index (χ4n) is 2.49. The van der Waals surface area contributed by atoms with Crippen LogP contribution in [-0.2, 0) is 25.5 Å². The van der Waals surface area contributed by atoms with Crippen LogP contribution in [0.4, 0.5) is 0 Å². The Hall–Kier alpha value is -3.19. The summed E-state index contributed by atoms with van der Waals surface area (Å²) in [6, 6.07) is 19.0. The van der Waals surface area contributed by atoms with E-state index in [4.69, 9.17) is 4.74 Å². The number of hydrogen-bond acceptors (Lipinski definition) is 4. The molecule has 2 rings (SSSR count). The molecule has 0 unspecified atom stereocenters. The van der Waals surface area contributed by atoms with Crippen molar-refractivity contribution in [3.63, 3.8) is 0 Å². The molecule has 0 spiro atoms. The van der Waals surface area contributed by atoms with Crippen molar-refractivity contribution in [2.24, 2.45) is 0 Å². The first-order valence-electron chi connectivity index (χ1n) is 9.08. The number of carbonyl (C=O) groups is 3. The van der Waals surface area contributed by atoms with E-state index in [1.807, 2.05) is 67.6 Å². The van der Waals surface area contributed by atoms with E-state index in [9.17, 15) is 14.4 Å². The van der Waals surface area contributed by atoms with E-state index < -0.39 is 5.91 Å². The van der Waals surface area contributed by atoms with Crippen molar-refractivity contribution in [3.8, 4) is 0 Å². The number of carbonyl (C=O) groups excluding carboxylic acids is 3. The predicted molar refractivity (Wildman–Crippen MR) is 105 cm³/mol. The highest BCUT2D eigenvalue weighted by Gasteiger charge is 2.10. The van der Waals surface area contributed by atoms with Gasteiger partial charge in [-0.25, -0.2) is 0 Å². The molecule has 2 aromatic rings. The highest BCUT2D eigenvalue weighted by molar-refractivity contribution is 5.83. The summed E-state index contributed by atoms with van der Waals surface area (Å²) >= 11 is 0. The van der Waals surface area contributed by atoms with E-state index in [2.05, 4.69) is 16.2 Å². The monoisotopic (exact) mass is 383 g/mol. The van der Waals surface area contributed by atoms with Gasteiger partial charge in [-0.15, -0.1) is 0 Å². The summed E-state index contributed by atoms with van der Waals surface area (Å²) in [4.78, 5) is 35.2. The molecule has 3 amide bonds. The Morgan fingerprint density at radius 1 is 0.821 bits per heavy atom. The first-order chi connectivity index (χ1) is 13.5. The number of amides is 3. The first-order valence-corrected chi connectivity index (χ1v) is 9.08. The number of hydrazine groups is 1. The Kier molecular flexibility index (Phi) is 8.68. The van der Waals surface area contributed by atoms with Crippen molar-refractivity contribution in [2.45, 2.75) is 25.8 Å². The van der Waals surface area contributed by atoms with Crippen molar-refractivity contribution in [1.29, 1.82) is 0 Å². The second kappa shape index (κ2) is 11.5. The van der Waals surface area contributed by atoms with Gasteiger partial charge in [-0.3, -0.25) is 25.2 Å². The number of ether oxygens (including phenoxy) is 1. The topological polar surface area (TPSA) is 96.5 Å². The van der Waals surface area contributed by atoms with Crippen molar-refractivity contribution in [1.82, 2.24) is 16.2 Å². The molecule has 3 N–H and O–H groups in total. The SMILES string of the molecule is C[C@@H](NC(=O)COCC(=O)NNC(=O)CCc1ccccc1)c1ccccc1. The summed E-state index contributed by atoms with van der Waals surface area (Å²) in [5.74, 6) is -1.15. The molecule has 0 aliphatic heterocycles. The van der Waals surface area contributed by atoms with Gasteiger partial charge in [0.1, 0.15) is 13.2 Å². The summed E-state index contributed by atoms with van der Waals surface area (Å²) in [6.45, 7) is 1.30. The average Bonchev–Trinajstić information content (AvgIpc) is 2.72. The van der Waals surface area contributed by atoms with Crippen LogP contribution in [-0.4, -0.2) is 30.9 Å². The normalized spacial score (nSPS) is 11.3. The highest BCUT2D eigenvalue weighted by atomic mass is 16.5. The molecular formula is C21H25N3O4. The van der Waals surface area contributed by atoms with Crippen molar-refractivity contribution in [3.05, 3.63) is 71.8 Å². The summed E-state index contributed by atoms with van der Waals surface area (Å²) in [6.07, 6.45) is 0.837. The van der Waals surface area contributed by atoms with Crippen molar-refractivity contribution in [2.75, 3.05) is 13.2 Å². The molecule has 0 saturated carbocycles. The molecule has 0 aromatic heterocycles. The molecule has 7 nitrogen and oxygen atoms in total. The maximum Gasteiger partial charge on any atom is 0.264 e. The minimum atomic E-state index is -0.531. The van der Waals surface area contributed by atoms with Gasteiger partial charge in [-0.2, -0.15) is 0 Å². The second-order valence-corrected chi connectivity index (χ2v) is 6.27. The molecule has 1 atom stereocenters. The number of benzene rings is 2. The zero-order chi connectivity index (χ0) is 20.2. The van der Waals surface area contributed by atoms with Crippen LogP contribution >= 0.6 is 0 Å². The van der Waals surface area contributed by atoms with Crippen LogP contribution in [0.15, 0.2) is 60.7 Å². The van der Waals surface area contributed by atoms with Crippen molar-refractivity contribution < 1.29 is 19.1 Å². The number of nitrogens with one attached hydrogen (secondary N) is 3. The molecule has 28 heavy (non-hydrogen) atoms. The molecular weight excluding hydrogens is 358 g/mol. The molecule has 7 heteroatoms. The minimum absolute atomic E-state index is 0.157. The standard InChI is InChI=1S/C21H25N3O4/c1-16(18-10-6-3-7-11-18)22-20(26)14-28-15-21(27)24-23-19(25)13-12-17-8-4-2-5-9-17/h2-11,16H,12-15H2,1H3,(H,22,26)(H,23,25)(H,24,27)/t16-/m1/s1. The third-order valence-electron chi connectivity index (χ3n) is 3.97. The van der Waals surface area contributed by atoms with Gasteiger partial charge in [0.2, 0.25) is 11.8 Å². The molecule has 0 aliphatic carbocycles. The number of rotatable bonds is 9. The second-order valence-electron chi connectivity index (χ2n) is 6.27. The van der Waals surface area contributed by atoms with Gasteiger partial charge in [0.25, 0.3) is 5.91 Å². The van der Waals surface area contributed by atoms with Crippen LogP contribution in [0.25, 0.3) is 0 Å². The van der Waals surface area contributed by atoms with E-state index in [0.29, 0.717) is 6.42 Å². The lowest BCUT2D eigenvalue weighted by Gasteiger charge is -2.14. The van der Waals surface area contributed by atoms with Gasteiger partial charge < -0.3 is 10.1 Å². The Balaban J connectivity index is 1.56. The Morgan fingerprint density at radius 2 is 1.39 bits per heavy atom. The third-order valence-corrected chi connectivity index (χ3v) is 3.97. The highest BCUT2D eigenvalue weighted by Crippen LogP contribution is 2.10. The lowest BCUT2D eigenvalue weighted by Crippen LogP contribution is -2.43. The average molecular weight is 383 g/mol. The van der Waals surface area contributed by atoms with Gasteiger partial charge in [-0.05, 0) is 24.5 Å². The third kappa shape index (κ3) is 8.01. The van der Waals surface area contributed by atoms with Gasteiger partial charge in [0, 0.05) is 6.42 Å². The minimum Gasteiger partial charge on any atom is -0.362 e. The first kappa shape index (κ1) is 21.1. The Morgan fingerprint density at radius 3 is 2.07 bits per heavy atom. The van der Waals surface area contributed by atoms with Crippen LogP contribution in [0, 0.1) is 0 Å². The maximum atomic E-state index is 11.9. The van der Waals surface area contributed by atoms with Crippen LogP contribution < -0.4 is 16.2 Å². The summed E-state index contributed by atoms with van der Waals surface area (Å²) in [5.41, 5.74) is 6.61. The quantitative estimate of drug-likeness (QED) is 0.574. The van der Waals surface area contributed by atoms with Crippen LogP contribution in [0.1, 0.15) is 30.5 Å². The Labute approximate surface area is 164 Å². The zero-order valence-corrected chi connectivity index (χ0v) is 15.8. The van der Waals surface area contributed by atoms with Gasteiger partial charge >= 0.3 is 0 Å². The largest absolute Gasteiger partial charge is 0.362 e. The van der Waals surface area contributed by atoms with Crippen molar-refractivity contribution >= 4 is 17.7 Å². The Bertz CT molecular complexity index is 766. The molecule has 0 heterocycles. The van der Waals surface area contributed by atoms with Gasteiger partial charge in [-0.1, -0.05) is 60.7 Å². The van der Waals surface area contributed by atoms with E-state index in [1.54, 1.807) is 0 Å².